The van der Waals surface area contributed by atoms with Gasteiger partial charge in [0.15, 0.2) is 0 Å². The maximum atomic E-state index is 12.7. The second kappa shape index (κ2) is 6.51. The number of carbonyl (C=O) groups is 1. The Hall–Kier alpha value is -2.36. The van der Waals surface area contributed by atoms with Crippen molar-refractivity contribution in [2.45, 2.75) is 32.6 Å². The molecule has 1 saturated carbocycles. The zero-order valence-electron chi connectivity index (χ0n) is 15.0. The van der Waals surface area contributed by atoms with Crippen molar-refractivity contribution >= 4 is 11.7 Å². The van der Waals surface area contributed by atoms with Gasteiger partial charge in [0.1, 0.15) is 5.82 Å². The number of rotatable bonds is 3. The summed E-state index contributed by atoms with van der Waals surface area (Å²) < 4.78 is 0. The van der Waals surface area contributed by atoms with Gasteiger partial charge >= 0.3 is 0 Å². The number of hydrogen-bond acceptors (Lipinski definition) is 3. The van der Waals surface area contributed by atoms with Gasteiger partial charge in [0.2, 0.25) is 0 Å². The summed E-state index contributed by atoms with van der Waals surface area (Å²) in [4.78, 5) is 21.6. The van der Waals surface area contributed by atoms with Gasteiger partial charge in [-0.2, -0.15) is 0 Å². The highest BCUT2D eigenvalue weighted by Gasteiger charge is 2.25. The minimum Gasteiger partial charge on any atom is -0.353 e. The third-order valence-electron chi connectivity index (χ3n) is 5.26. The van der Waals surface area contributed by atoms with Crippen LogP contribution in [0.15, 0.2) is 36.5 Å². The van der Waals surface area contributed by atoms with Crippen LogP contribution in [-0.2, 0) is 0 Å². The van der Waals surface area contributed by atoms with Gasteiger partial charge in [-0.1, -0.05) is 18.2 Å². The van der Waals surface area contributed by atoms with Crippen LogP contribution in [0.1, 0.15) is 45.8 Å². The van der Waals surface area contributed by atoms with E-state index in [-0.39, 0.29) is 5.91 Å². The van der Waals surface area contributed by atoms with Crippen LogP contribution in [0.5, 0.6) is 0 Å². The quantitative estimate of drug-likeness (QED) is 0.861. The molecule has 1 saturated heterocycles. The fraction of sp³-hybridized carbons (Fsp3) is 0.429. The van der Waals surface area contributed by atoms with E-state index in [0.29, 0.717) is 0 Å². The number of nitrogens with zero attached hydrogens (tertiary/aromatic N) is 3. The summed E-state index contributed by atoms with van der Waals surface area (Å²) in [5.41, 5.74) is 4.57. The van der Waals surface area contributed by atoms with Gasteiger partial charge in [-0.3, -0.25) is 4.79 Å². The van der Waals surface area contributed by atoms with E-state index < -0.39 is 0 Å². The predicted molar refractivity (Wildman–Crippen MR) is 100 cm³/mol. The molecule has 0 atom stereocenters. The first kappa shape index (κ1) is 16.1. The highest BCUT2D eigenvalue weighted by atomic mass is 16.2. The Morgan fingerprint density at radius 1 is 1.04 bits per heavy atom. The van der Waals surface area contributed by atoms with Crippen molar-refractivity contribution < 1.29 is 4.79 Å². The number of carbonyl (C=O) groups excluding carboxylic acids is 1. The minimum absolute atomic E-state index is 0.149. The van der Waals surface area contributed by atoms with E-state index in [1.807, 2.05) is 23.2 Å². The van der Waals surface area contributed by atoms with E-state index >= 15 is 0 Å². The first-order chi connectivity index (χ1) is 12.1. The predicted octanol–water partition coefficient (Wildman–Crippen LogP) is 3.54. The van der Waals surface area contributed by atoms with Crippen molar-refractivity contribution in [3.63, 3.8) is 0 Å². The van der Waals surface area contributed by atoms with Crippen molar-refractivity contribution in [3.05, 3.63) is 58.8 Å². The molecule has 1 aromatic heterocycles. The van der Waals surface area contributed by atoms with E-state index in [2.05, 4.69) is 41.9 Å². The molecule has 25 heavy (non-hydrogen) atoms. The number of anilines is 1. The smallest absolute Gasteiger partial charge is 0.253 e. The summed E-state index contributed by atoms with van der Waals surface area (Å²) >= 11 is 0. The average Bonchev–Trinajstić information content (AvgIpc) is 3.47. The average molecular weight is 335 g/mol. The molecule has 130 valence electrons. The molecular formula is C21H25N3O. The summed E-state index contributed by atoms with van der Waals surface area (Å²) in [5, 5.41) is 0. The van der Waals surface area contributed by atoms with Crippen molar-refractivity contribution in [1.29, 1.82) is 0 Å². The Morgan fingerprint density at radius 2 is 1.72 bits per heavy atom. The molecule has 4 nitrogen and oxygen atoms in total. The van der Waals surface area contributed by atoms with Crippen LogP contribution >= 0.6 is 0 Å². The first-order valence-corrected chi connectivity index (χ1v) is 9.19. The number of aromatic nitrogens is 1. The number of aryl methyl sites for hydroxylation is 2. The summed E-state index contributed by atoms with van der Waals surface area (Å²) in [6, 6.07) is 10.4. The van der Waals surface area contributed by atoms with Gasteiger partial charge in [-0.15, -0.1) is 0 Å². The van der Waals surface area contributed by atoms with Gasteiger partial charge in [0.25, 0.3) is 5.91 Å². The lowest BCUT2D eigenvalue weighted by Gasteiger charge is -2.36. The molecule has 2 heterocycles. The maximum absolute atomic E-state index is 12.7. The van der Waals surface area contributed by atoms with E-state index in [0.717, 1.165) is 43.5 Å². The standard InChI is InChI=1S/C21H25N3O/c1-15-13-16(2)20(22-14-15)23-9-11-24(12-10-23)21(25)19-7-5-18(6-8-19)17-3-4-17/h5-8,13-14,17H,3-4,9-12H2,1-2H3. The molecule has 1 aromatic carbocycles. The Kier molecular flexibility index (Phi) is 4.20. The molecule has 1 aliphatic carbocycles. The fourth-order valence-electron chi connectivity index (χ4n) is 3.66. The molecule has 0 spiro atoms. The number of amides is 1. The summed E-state index contributed by atoms with van der Waals surface area (Å²) in [5.74, 6) is 1.93. The number of hydrogen-bond donors (Lipinski definition) is 0. The third-order valence-corrected chi connectivity index (χ3v) is 5.26. The second-order valence-electron chi connectivity index (χ2n) is 7.33. The van der Waals surface area contributed by atoms with Crippen LogP contribution in [0.3, 0.4) is 0 Å². The first-order valence-electron chi connectivity index (χ1n) is 9.19. The van der Waals surface area contributed by atoms with E-state index in [4.69, 9.17) is 0 Å². The van der Waals surface area contributed by atoms with Gasteiger partial charge < -0.3 is 9.80 Å². The molecule has 0 bridgehead atoms. The van der Waals surface area contributed by atoms with Crippen molar-refractivity contribution in [1.82, 2.24) is 9.88 Å². The van der Waals surface area contributed by atoms with Gasteiger partial charge in [-0.05, 0) is 61.4 Å². The summed E-state index contributed by atoms with van der Waals surface area (Å²) in [6.45, 7) is 7.34. The molecule has 1 aliphatic heterocycles. The normalized spacial score (nSPS) is 17.7. The van der Waals surface area contributed by atoms with Crippen LogP contribution in [0, 0.1) is 13.8 Å². The highest BCUT2D eigenvalue weighted by molar-refractivity contribution is 5.94. The van der Waals surface area contributed by atoms with Crippen LogP contribution in [0.25, 0.3) is 0 Å². The topological polar surface area (TPSA) is 36.4 Å². The largest absolute Gasteiger partial charge is 0.353 e. The van der Waals surface area contributed by atoms with Crippen LogP contribution in [0.2, 0.25) is 0 Å². The maximum Gasteiger partial charge on any atom is 0.253 e. The molecular weight excluding hydrogens is 310 g/mol. The van der Waals surface area contributed by atoms with E-state index in [9.17, 15) is 4.79 Å². The zero-order valence-corrected chi connectivity index (χ0v) is 15.0. The Morgan fingerprint density at radius 3 is 2.32 bits per heavy atom. The summed E-state index contributed by atoms with van der Waals surface area (Å²) in [7, 11) is 0. The number of benzene rings is 1. The van der Waals surface area contributed by atoms with Crippen molar-refractivity contribution in [2.24, 2.45) is 0 Å². The van der Waals surface area contributed by atoms with E-state index in [1.165, 1.54) is 29.5 Å². The third kappa shape index (κ3) is 3.39. The monoisotopic (exact) mass is 335 g/mol. The van der Waals surface area contributed by atoms with E-state index in [1.54, 1.807) is 0 Å². The lowest BCUT2D eigenvalue weighted by molar-refractivity contribution is 0.0746. The fourth-order valence-corrected chi connectivity index (χ4v) is 3.66. The second-order valence-corrected chi connectivity index (χ2v) is 7.33. The lowest BCUT2D eigenvalue weighted by Crippen LogP contribution is -2.49. The molecule has 0 unspecified atom stereocenters. The SMILES string of the molecule is Cc1cnc(N2CCN(C(=O)c3ccc(C4CC4)cc3)CC2)c(C)c1. The molecule has 2 fully saturated rings. The molecule has 4 heteroatoms. The molecule has 1 amide bonds. The number of pyridine rings is 1. The van der Waals surface area contributed by atoms with Crippen LogP contribution in [-0.4, -0.2) is 42.0 Å². The Labute approximate surface area is 149 Å². The Bertz CT molecular complexity index is 772. The molecule has 2 aliphatic rings. The van der Waals surface area contributed by atoms with Crippen LogP contribution < -0.4 is 4.90 Å². The molecule has 2 aromatic rings. The highest BCUT2D eigenvalue weighted by Crippen LogP contribution is 2.39. The van der Waals surface area contributed by atoms with Crippen molar-refractivity contribution in [3.8, 4) is 0 Å². The van der Waals surface area contributed by atoms with Crippen molar-refractivity contribution in [2.75, 3.05) is 31.1 Å². The lowest BCUT2D eigenvalue weighted by atomic mass is 10.1. The molecule has 0 radical (unpaired) electrons. The van der Waals surface area contributed by atoms with Gasteiger partial charge in [0.05, 0.1) is 0 Å². The number of piperazine rings is 1. The molecule has 4 rings (SSSR count). The van der Waals surface area contributed by atoms with Crippen LogP contribution in [0.4, 0.5) is 5.82 Å². The van der Waals surface area contributed by atoms with Gasteiger partial charge in [0, 0.05) is 37.9 Å². The minimum atomic E-state index is 0.149. The summed E-state index contributed by atoms with van der Waals surface area (Å²) in [6.07, 6.45) is 4.50. The molecule has 0 N–H and O–H groups in total. The Balaban J connectivity index is 1.39. The zero-order chi connectivity index (χ0) is 17.4. The van der Waals surface area contributed by atoms with Gasteiger partial charge in [-0.25, -0.2) is 4.98 Å².